The molecule has 0 N–H and O–H groups in total. The van der Waals surface area contributed by atoms with E-state index in [0.29, 0.717) is 19.6 Å². The predicted octanol–water partition coefficient (Wildman–Crippen LogP) is 0.658. The molecule has 0 bridgehead atoms. The first-order chi connectivity index (χ1) is 10.3. The van der Waals surface area contributed by atoms with Crippen LogP contribution in [0.3, 0.4) is 0 Å². The first-order valence-electron chi connectivity index (χ1n) is 6.88. The summed E-state index contributed by atoms with van der Waals surface area (Å²) < 4.78 is 49.2. The molecule has 0 atom stereocenters. The van der Waals surface area contributed by atoms with Crippen LogP contribution < -0.4 is 9.47 Å². The van der Waals surface area contributed by atoms with Crippen LogP contribution in [0.25, 0.3) is 0 Å². The lowest BCUT2D eigenvalue weighted by atomic mass is 10.1. The van der Waals surface area contributed by atoms with Crippen molar-refractivity contribution in [3.63, 3.8) is 0 Å². The molecule has 0 spiro atoms. The number of nitrogens with zero attached hydrogens (tertiary/aromatic N) is 2. The third-order valence-corrected chi connectivity index (χ3v) is 7.41. The Hall–Kier alpha value is -1.32. The van der Waals surface area contributed by atoms with E-state index in [1.165, 1.54) is 0 Å². The van der Waals surface area contributed by atoms with Crippen LogP contribution in [0.4, 0.5) is 0 Å². The summed E-state index contributed by atoms with van der Waals surface area (Å²) in [5.41, 5.74) is 1.02. The molecule has 1 fully saturated rings. The second-order valence-corrected chi connectivity index (χ2v) is 9.84. The highest BCUT2D eigenvalue weighted by molar-refractivity contribution is 8.03. The molecular formula is C13H18N2O5S2. The Morgan fingerprint density at radius 1 is 1.27 bits per heavy atom. The van der Waals surface area contributed by atoms with E-state index in [1.807, 2.05) is 18.2 Å². The third kappa shape index (κ3) is 3.53. The summed E-state index contributed by atoms with van der Waals surface area (Å²) in [5.74, 6) is 2.04. The maximum absolute atomic E-state index is 12.4. The van der Waals surface area contributed by atoms with Gasteiger partial charge in [0.25, 0.3) is 10.0 Å². The fourth-order valence-corrected chi connectivity index (χ4v) is 6.45. The Kier molecular flexibility index (Phi) is 4.04. The summed E-state index contributed by atoms with van der Waals surface area (Å²) in [4.78, 5) is 2.12. The van der Waals surface area contributed by atoms with Gasteiger partial charge in [-0.15, -0.1) is 3.77 Å². The molecule has 7 nitrogen and oxygen atoms in total. The average Bonchev–Trinajstić information content (AvgIpc) is 2.89. The standard InChI is InChI=1S/C13H18N2O5S2/c1-21(16,17)14-22(18)7-5-15(6-8-22)9-11-3-2-4-12-13(11)20-10-19-12/h2-4H,5-10H2,1H3. The minimum Gasteiger partial charge on any atom is -0.454 e. The van der Waals surface area contributed by atoms with Crippen molar-refractivity contribution in [3.05, 3.63) is 23.8 Å². The fraction of sp³-hybridized carbons (Fsp3) is 0.538. The van der Waals surface area contributed by atoms with Gasteiger partial charge < -0.3 is 9.47 Å². The first kappa shape index (κ1) is 15.6. The maximum Gasteiger partial charge on any atom is 0.257 e. The van der Waals surface area contributed by atoms with Crippen LogP contribution in [0, 0.1) is 0 Å². The molecule has 0 radical (unpaired) electrons. The minimum absolute atomic E-state index is 0.230. The van der Waals surface area contributed by atoms with Gasteiger partial charge in [-0.1, -0.05) is 12.1 Å². The zero-order valence-electron chi connectivity index (χ0n) is 12.2. The fourth-order valence-electron chi connectivity index (χ4n) is 2.59. The molecule has 0 saturated carbocycles. The number of sulfonamides is 1. The molecule has 9 heteroatoms. The van der Waals surface area contributed by atoms with Crippen LogP contribution in [-0.2, 0) is 26.3 Å². The highest BCUT2D eigenvalue weighted by atomic mass is 32.3. The molecule has 3 rings (SSSR count). The first-order valence-corrected chi connectivity index (χ1v) is 10.6. The van der Waals surface area contributed by atoms with Gasteiger partial charge in [-0.25, -0.2) is 12.6 Å². The Morgan fingerprint density at radius 3 is 2.68 bits per heavy atom. The number of hydrogen-bond acceptors (Lipinski definition) is 6. The van der Waals surface area contributed by atoms with Gasteiger partial charge in [0.2, 0.25) is 6.79 Å². The predicted molar refractivity (Wildman–Crippen MR) is 83.0 cm³/mol. The highest BCUT2D eigenvalue weighted by Gasteiger charge is 2.24. The van der Waals surface area contributed by atoms with Gasteiger partial charge in [0.1, 0.15) is 0 Å². The maximum atomic E-state index is 12.4. The summed E-state index contributed by atoms with van der Waals surface area (Å²) in [6, 6.07) is 5.75. The van der Waals surface area contributed by atoms with Crippen LogP contribution in [0.1, 0.15) is 5.56 Å². The Labute approximate surface area is 130 Å². The molecule has 1 aromatic carbocycles. The molecule has 122 valence electrons. The zero-order chi connectivity index (χ0) is 15.8. The van der Waals surface area contributed by atoms with Crippen LogP contribution in [0.15, 0.2) is 22.0 Å². The van der Waals surface area contributed by atoms with Gasteiger partial charge in [-0.2, -0.15) is 0 Å². The molecule has 1 aromatic rings. The second-order valence-electron chi connectivity index (χ2n) is 5.42. The van der Waals surface area contributed by atoms with E-state index in [1.54, 1.807) is 0 Å². The molecule has 0 unspecified atom stereocenters. The summed E-state index contributed by atoms with van der Waals surface area (Å²) >= 11 is 0. The molecule has 2 aliphatic heterocycles. The van der Waals surface area contributed by atoms with Crippen molar-refractivity contribution in [2.45, 2.75) is 6.54 Å². The summed E-state index contributed by atoms with van der Waals surface area (Å²) in [7, 11) is -6.22. The number of benzene rings is 1. The lowest BCUT2D eigenvalue weighted by molar-refractivity contribution is 0.172. The minimum atomic E-state index is -3.57. The third-order valence-electron chi connectivity index (χ3n) is 3.60. The lowest BCUT2D eigenvalue weighted by Gasteiger charge is -2.28. The number of para-hydroxylation sites is 1. The molecule has 22 heavy (non-hydrogen) atoms. The van der Waals surface area contributed by atoms with E-state index < -0.39 is 19.8 Å². The summed E-state index contributed by atoms with van der Waals surface area (Å²) in [6.45, 7) is 1.97. The second kappa shape index (κ2) is 5.71. The molecule has 0 aromatic heterocycles. The van der Waals surface area contributed by atoms with Crippen molar-refractivity contribution in [3.8, 4) is 11.5 Å². The van der Waals surface area contributed by atoms with E-state index in [0.717, 1.165) is 23.3 Å². The van der Waals surface area contributed by atoms with E-state index in [2.05, 4.69) is 8.67 Å². The monoisotopic (exact) mass is 346 g/mol. The number of ether oxygens (including phenoxy) is 2. The van der Waals surface area contributed by atoms with Gasteiger partial charge in [0.15, 0.2) is 11.5 Å². The molecule has 1 saturated heterocycles. The van der Waals surface area contributed by atoms with Crippen molar-refractivity contribution >= 4 is 19.8 Å². The van der Waals surface area contributed by atoms with Crippen molar-refractivity contribution in [2.75, 3.05) is 37.6 Å². The molecule has 0 amide bonds. The van der Waals surface area contributed by atoms with E-state index in [-0.39, 0.29) is 18.3 Å². The largest absolute Gasteiger partial charge is 0.454 e. The van der Waals surface area contributed by atoms with Crippen LogP contribution in [0.2, 0.25) is 0 Å². The van der Waals surface area contributed by atoms with Crippen molar-refractivity contribution in [1.29, 1.82) is 0 Å². The summed E-state index contributed by atoms with van der Waals surface area (Å²) in [5, 5.41) is 0. The normalized spacial score (nSPS) is 20.8. The molecule has 0 aliphatic carbocycles. The Balaban J connectivity index is 1.70. The van der Waals surface area contributed by atoms with Crippen LogP contribution in [-0.4, -0.2) is 55.2 Å². The smallest absolute Gasteiger partial charge is 0.257 e. The molecule has 2 heterocycles. The van der Waals surface area contributed by atoms with Crippen molar-refractivity contribution in [1.82, 2.24) is 4.90 Å². The van der Waals surface area contributed by atoms with Gasteiger partial charge >= 0.3 is 0 Å². The highest BCUT2D eigenvalue weighted by Crippen LogP contribution is 2.36. The molecular weight excluding hydrogens is 328 g/mol. The van der Waals surface area contributed by atoms with Crippen LogP contribution in [0.5, 0.6) is 11.5 Å². The number of fused-ring (bicyclic) bond motifs is 1. The SMILES string of the molecule is CS(=O)(=O)N=S1(=O)CCN(Cc2cccc3c2OCO3)CC1. The zero-order valence-corrected chi connectivity index (χ0v) is 13.9. The van der Waals surface area contributed by atoms with E-state index >= 15 is 0 Å². The van der Waals surface area contributed by atoms with Gasteiger partial charge in [-0.05, 0) is 6.07 Å². The van der Waals surface area contributed by atoms with E-state index in [4.69, 9.17) is 9.47 Å². The quantitative estimate of drug-likeness (QED) is 0.799. The number of hydrogen-bond donors (Lipinski definition) is 0. The van der Waals surface area contributed by atoms with E-state index in [9.17, 15) is 12.6 Å². The summed E-state index contributed by atoms with van der Waals surface area (Å²) in [6.07, 6.45) is 0.983. The Bertz CT molecular complexity index is 783. The van der Waals surface area contributed by atoms with Gasteiger partial charge in [0, 0.05) is 36.7 Å². The lowest BCUT2D eigenvalue weighted by Crippen LogP contribution is -2.39. The van der Waals surface area contributed by atoms with Crippen molar-refractivity contribution < 1.29 is 22.1 Å². The molecule has 2 aliphatic rings. The van der Waals surface area contributed by atoms with Crippen LogP contribution >= 0.6 is 0 Å². The Morgan fingerprint density at radius 2 is 2.00 bits per heavy atom. The number of rotatable bonds is 3. The van der Waals surface area contributed by atoms with Gasteiger partial charge in [0.05, 0.1) is 16.0 Å². The topological polar surface area (TPSA) is 85.3 Å². The van der Waals surface area contributed by atoms with Crippen molar-refractivity contribution in [2.24, 2.45) is 3.77 Å². The van der Waals surface area contributed by atoms with Gasteiger partial charge in [-0.3, -0.25) is 4.90 Å². The average molecular weight is 346 g/mol.